The van der Waals surface area contributed by atoms with Gasteiger partial charge in [0.25, 0.3) is 5.91 Å². The summed E-state index contributed by atoms with van der Waals surface area (Å²) in [5, 5.41) is 5.10. The molecule has 0 radical (unpaired) electrons. The van der Waals surface area contributed by atoms with E-state index in [0.717, 1.165) is 0 Å². The zero-order valence-electron chi connectivity index (χ0n) is 10.7. The number of amides is 1. The number of aromatic nitrogens is 1. The number of benzene rings is 1. The number of halogens is 2. The van der Waals surface area contributed by atoms with Gasteiger partial charge in [-0.05, 0) is 24.6 Å². The summed E-state index contributed by atoms with van der Waals surface area (Å²) in [5.74, 6) is -0.781. The highest BCUT2D eigenvalue weighted by Gasteiger charge is 2.12. The molecule has 0 saturated carbocycles. The summed E-state index contributed by atoms with van der Waals surface area (Å²) in [6, 6.07) is 4.11. The van der Waals surface area contributed by atoms with Gasteiger partial charge in [0, 0.05) is 11.9 Å². The smallest absolute Gasteiger partial charge is 0.271 e. The van der Waals surface area contributed by atoms with Gasteiger partial charge in [-0.2, -0.15) is 0 Å². The second-order valence-corrected chi connectivity index (χ2v) is 5.59. The lowest BCUT2D eigenvalue weighted by Crippen LogP contribution is -2.23. The lowest BCUT2D eigenvalue weighted by Gasteiger charge is -2.04. The van der Waals surface area contributed by atoms with Gasteiger partial charge < -0.3 is 11.1 Å². The molecular weight excluding hydrogens is 301 g/mol. The molecule has 106 valence electrons. The molecule has 1 amide bonds. The van der Waals surface area contributed by atoms with Crippen LogP contribution in [0.4, 0.5) is 4.39 Å². The summed E-state index contributed by atoms with van der Waals surface area (Å²) in [6.45, 7) is 2.06. The van der Waals surface area contributed by atoms with E-state index in [1.165, 1.54) is 23.5 Å². The molecule has 3 N–H and O–H groups in total. The van der Waals surface area contributed by atoms with Gasteiger partial charge in [-0.1, -0.05) is 17.7 Å². The number of thiazole rings is 1. The standard InChI is InChI=1S/C13H13ClFN3OS/c1-7(16)13-18-11(6-20-13)12(19)17-5-8-2-3-10(15)9(14)4-8/h2-4,6-7H,5,16H2,1H3,(H,17,19). The first-order valence-corrected chi connectivity index (χ1v) is 7.16. The number of carbonyl (C=O) groups is 1. The third-order valence-corrected chi connectivity index (χ3v) is 3.92. The molecule has 20 heavy (non-hydrogen) atoms. The Morgan fingerprint density at radius 3 is 2.95 bits per heavy atom. The highest BCUT2D eigenvalue weighted by atomic mass is 35.5. The highest BCUT2D eigenvalue weighted by Crippen LogP contribution is 2.17. The molecule has 1 unspecified atom stereocenters. The van der Waals surface area contributed by atoms with Gasteiger partial charge in [0.15, 0.2) is 0 Å². The van der Waals surface area contributed by atoms with E-state index in [9.17, 15) is 9.18 Å². The van der Waals surface area contributed by atoms with Crippen LogP contribution in [0, 0.1) is 5.82 Å². The summed E-state index contributed by atoms with van der Waals surface area (Å²) >= 11 is 7.02. The van der Waals surface area contributed by atoms with Crippen molar-refractivity contribution in [3.05, 3.63) is 50.7 Å². The molecule has 1 aromatic heterocycles. The van der Waals surface area contributed by atoms with Gasteiger partial charge in [0.1, 0.15) is 16.5 Å². The first-order chi connectivity index (χ1) is 9.47. The molecule has 0 spiro atoms. The second kappa shape index (κ2) is 6.30. The predicted octanol–water partition coefficient (Wildman–Crippen LogP) is 2.89. The third kappa shape index (κ3) is 3.53. The average molecular weight is 314 g/mol. The first-order valence-electron chi connectivity index (χ1n) is 5.90. The fourth-order valence-corrected chi connectivity index (χ4v) is 2.48. The van der Waals surface area contributed by atoms with E-state index < -0.39 is 5.82 Å². The van der Waals surface area contributed by atoms with Crippen molar-refractivity contribution >= 4 is 28.8 Å². The maximum absolute atomic E-state index is 13.0. The molecule has 1 atom stereocenters. The minimum atomic E-state index is -0.484. The molecule has 4 nitrogen and oxygen atoms in total. The highest BCUT2D eigenvalue weighted by molar-refractivity contribution is 7.09. The molecule has 1 heterocycles. The Labute approximate surface area is 124 Å². The van der Waals surface area contributed by atoms with Crippen molar-refractivity contribution in [1.29, 1.82) is 0 Å². The molecule has 0 aliphatic heterocycles. The number of nitrogens with one attached hydrogen (secondary N) is 1. The van der Waals surface area contributed by atoms with Crippen LogP contribution in [-0.4, -0.2) is 10.9 Å². The van der Waals surface area contributed by atoms with E-state index in [1.807, 2.05) is 0 Å². The zero-order chi connectivity index (χ0) is 14.7. The van der Waals surface area contributed by atoms with E-state index in [-0.39, 0.29) is 23.5 Å². The van der Waals surface area contributed by atoms with E-state index in [2.05, 4.69) is 10.3 Å². The Hall–Kier alpha value is -1.50. The SMILES string of the molecule is CC(N)c1nc(C(=O)NCc2ccc(F)c(Cl)c2)cs1. The Morgan fingerprint density at radius 2 is 2.35 bits per heavy atom. The van der Waals surface area contributed by atoms with Crippen LogP contribution >= 0.6 is 22.9 Å². The van der Waals surface area contributed by atoms with Gasteiger partial charge in [-0.3, -0.25) is 4.79 Å². The molecule has 1 aromatic carbocycles. The van der Waals surface area contributed by atoms with E-state index in [1.54, 1.807) is 18.4 Å². The lowest BCUT2D eigenvalue weighted by molar-refractivity contribution is 0.0946. The van der Waals surface area contributed by atoms with Crippen molar-refractivity contribution in [2.75, 3.05) is 0 Å². The number of hydrogen-bond donors (Lipinski definition) is 2. The molecule has 0 bridgehead atoms. The predicted molar refractivity (Wildman–Crippen MR) is 77.3 cm³/mol. The van der Waals surface area contributed by atoms with E-state index in [4.69, 9.17) is 17.3 Å². The van der Waals surface area contributed by atoms with Crippen LogP contribution in [0.15, 0.2) is 23.6 Å². The Kier molecular flexibility index (Phi) is 4.69. The van der Waals surface area contributed by atoms with Crippen molar-refractivity contribution in [3.63, 3.8) is 0 Å². The van der Waals surface area contributed by atoms with Crippen molar-refractivity contribution in [2.24, 2.45) is 5.73 Å². The normalized spacial score (nSPS) is 12.2. The first kappa shape index (κ1) is 14.9. The number of nitrogens with two attached hydrogens (primary N) is 1. The quantitative estimate of drug-likeness (QED) is 0.912. The Morgan fingerprint density at radius 1 is 1.60 bits per heavy atom. The fraction of sp³-hybridized carbons (Fsp3) is 0.231. The Balaban J connectivity index is 1.99. The minimum Gasteiger partial charge on any atom is -0.347 e. The summed E-state index contributed by atoms with van der Waals surface area (Å²) in [7, 11) is 0. The van der Waals surface area contributed by atoms with Gasteiger partial charge in [0.2, 0.25) is 0 Å². The van der Waals surface area contributed by atoms with Gasteiger partial charge in [-0.15, -0.1) is 11.3 Å². The van der Waals surface area contributed by atoms with Crippen LogP contribution < -0.4 is 11.1 Å². The molecule has 0 fully saturated rings. The fourth-order valence-electron chi connectivity index (χ4n) is 1.52. The number of rotatable bonds is 4. The Bertz CT molecular complexity index is 630. The minimum absolute atomic E-state index is 0.0321. The molecule has 7 heteroatoms. The van der Waals surface area contributed by atoms with Gasteiger partial charge in [0.05, 0.1) is 11.1 Å². The van der Waals surface area contributed by atoms with Crippen molar-refractivity contribution < 1.29 is 9.18 Å². The topological polar surface area (TPSA) is 68.0 Å². The van der Waals surface area contributed by atoms with Crippen molar-refractivity contribution in [3.8, 4) is 0 Å². The summed E-state index contributed by atoms with van der Waals surface area (Å²) in [4.78, 5) is 16.0. The van der Waals surface area contributed by atoms with Crippen LogP contribution in [0.3, 0.4) is 0 Å². The summed E-state index contributed by atoms with van der Waals surface area (Å²) in [5.41, 5.74) is 6.73. The maximum atomic E-state index is 13.0. The van der Waals surface area contributed by atoms with E-state index >= 15 is 0 Å². The lowest BCUT2D eigenvalue weighted by atomic mass is 10.2. The largest absolute Gasteiger partial charge is 0.347 e. The third-order valence-electron chi connectivity index (χ3n) is 2.58. The monoisotopic (exact) mass is 313 g/mol. The second-order valence-electron chi connectivity index (χ2n) is 4.29. The molecule has 0 aliphatic rings. The maximum Gasteiger partial charge on any atom is 0.271 e. The molecular formula is C13H13ClFN3OS. The van der Waals surface area contributed by atoms with Crippen LogP contribution in [-0.2, 0) is 6.54 Å². The number of nitrogens with zero attached hydrogens (tertiary/aromatic N) is 1. The van der Waals surface area contributed by atoms with Crippen LogP contribution in [0.1, 0.15) is 34.0 Å². The van der Waals surface area contributed by atoms with Crippen LogP contribution in [0.2, 0.25) is 5.02 Å². The van der Waals surface area contributed by atoms with Gasteiger partial charge >= 0.3 is 0 Å². The van der Waals surface area contributed by atoms with Gasteiger partial charge in [-0.25, -0.2) is 9.37 Å². The van der Waals surface area contributed by atoms with Crippen LogP contribution in [0.25, 0.3) is 0 Å². The zero-order valence-corrected chi connectivity index (χ0v) is 12.3. The van der Waals surface area contributed by atoms with Crippen molar-refractivity contribution in [2.45, 2.75) is 19.5 Å². The van der Waals surface area contributed by atoms with Crippen LogP contribution in [0.5, 0.6) is 0 Å². The summed E-state index contributed by atoms with van der Waals surface area (Å²) in [6.07, 6.45) is 0. The molecule has 2 rings (SSSR count). The molecule has 0 aliphatic carbocycles. The number of carbonyl (C=O) groups excluding carboxylic acids is 1. The number of hydrogen-bond acceptors (Lipinski definition) is 4. The van der Waals surface area contributed by atoms with E-state index in [0.29, 0.717) is 16.3 Å². The molecule has 0 saturated heterocycles. The summed E-state index contributed by atoms with van der Waals surface area (Å²) < 4.78 is 13.0. The molecule has 2 aromatic rings. The average Bonchev–Trinajstić information content (AvgIpc) is 2.89. The van der Waals surface area contributed by atoms with Crippen molar-refractivity contribution in [1.82, 2.24) is 10.3 Å².